The first kappa shape index (κ1) is 19.1. The number of non-ortho nitro benzene ring substituents is 1. The van der Waals surface area contributed by atoms with E-state index in [2.05, 4.69) is 9.97 Å². The van der Waals surface area contributed by atoms with E-state index >= 15 is 0 Å². The molecule has 0 spiro atoms. The first-order valence-corrected chi connectivity index (χ1v) is 10.5. The van der Waals surface area contributed by atoms with E-state index in [9.17, 15) is 14.9 Å². The fraction of sp³-hybridized carbons (Fsp3) is 0.136. The second kappa shape index (κ2) is 7.77. The average Bonchev–Trinajstić information content (AvgIpc) is 3.44. The molecule has 0 saturated carbocycles. The summed E-state index contributed by atoms with van der Waals surface area (Å²) in [7, 11) is 0. The molecule has 0 aliphatic carbocycles. The van der Waals surface area contributed by atoms with E-state index in [1.807, 2.05) is 35.7 Å². The van der Waals surface area contributed by atoms with Crippen LogP contribution in [0.25, 0.3) is 22.6 Å². The molecule has 1 aliphatic rings. The summed E-state index contributed by atoms with van der Waals surface area (Å²) in [5.41, 5.74) is 4.69. The van der Waals surface area contributed by atoms with Crippen LogP contribution in [0.5, 0.6) is 5.75 Å². The number of rotatable bonds is 5. The van der Waals surface area contributed by atoms with Crippen molar-refractivity contribution in [1.82, 2.24) is 14.5 Å². The SMILES string of the molecule is O=c1c2cc([N+](=O)[O-])ccc2nc2n1CC/C2=C\c1ccc(OCc2cscn2)cc1. The van der Waals surface area contributed by atoms with Crippen LogP contribution in [0.1, 0.15) is 23.5 Å². The summed E-state index contributed by atoms with van der Waals surface area (Å²) in [6.07, 6.45) is 2.68. The molecule has 2 aromatic carbocycles. The molecule has 3 heterocycles. The van der Waals surface area contributed by atoms with Crippen LogP contribution in [0.4, 0.5) is 5.69 Å². The van der Waals surface area contributed by atoms with Crippen LogP contribution in [0.2, 0.25) is 0 Å². The van der Waals surface area contributed by atoms with E-state index in [1.54, 1.807) is 10.1 Å². The summed E-state index contributed by atoms with van der Waals surface area (Å²) >= 11 is 1.53. The van der Waals surface area contributed by atoms with Crippen LogP contribution >= 0.6 is 11.3 Å². The van der Waals surface area contributed by atoms with Crippen molar-refractivity contribution in [2.24, 2.45) is 0 Å². The lowest BCUT2D eigenvalue weighted by Gasteiger charge is -2.06. The number of nitro groups is 1. The maximum Gasteiger partial charge on any atom is 0.270 e. The monoisotopic (exact) mass is 432 g/mol. The van der Waals surface area contributed by atoms with Gasteiger partial charge >= 0.3 is 0 Å². The molecule has 31 heavy (non-hydrogen) atoms. The summed E-state index contributed by atoms with van der Waals surface area (Å²) in [5, 5.41) is 13.2. The molecule has 154 valence electrons. The number of ether oxygens (including phenoxy) is 1. The minimum atomic E-state index is -0.508. The number of allylic oxidation sites excluding steroid dienone is 1. The maximum absolute atomic E-state index is 12.9. The molecule has 0 amide bonds. The van der Waals surface area contributed by atoms with Crippen molar-refractivity contribution >= 4 is 39.6 Å². The third kappa shape index (κ3) is 3.71. The van der Waals surface area contributed by atoms with E-state index in [0.29, 0.717) is 30.9 Å². The molecule has 8 nitrogen and oxygen atoms in total. The molecule has 0 saturated heterocycles. The standard InChI is InChI=1S/C22H16N4O4S/c27-22-19-10-17(26(28)29)3-6-20(19)24-21-15(7-8-25(21)22)9-14-1-4-18(5-2-14)30-11-16-12-31-13-23-16/h1-6,9-10,12-13H,7-8,11H2/b15-9+. The summed E-state index contributed by atoms with van der Waals surface area (Å²) < 4.78 is 7.33. The molecule has 0 bridgehead atoms. The highest BCUT2D eigenvalue weighted by molar-refractivity contribution is 7.07. The second-order valence-electron chi connectivity index (χ2n) is 7.11. The normalized spacial score (nSPS) is 14.1. The van der Waals surface area contributed by atoms with Crippen molar-refractivity contribution in [1.29, 1.82) is 0 Å². The highest BCUT2D eigenvalue weighted by Gasteiger charge is 2.22. The highest BCUT2D eigenvalue weighted by Crippen LogP contribution is 2.29. The van der Waals surface area contributed by atoms with Gasteiger partial charge in [0, 0.05) is 24.1 Å². The van der Waals surface area contributed by atoms with Gasteiger partial charge in [0.15, 0.2) is 0 Å². The molecule has 0 radical (unpaired) electrons. The van der Waals surface area contributed by atoms with E-state index in [4.69, 9.17) is 4.74 Å². The zero-order valence-corrected chi connectivity index (χ0v) is 17.0. The van der Waals surface area contributed by atoms with Crippen LogP contribution in [0.3, 0.4) is 0 Å². The van der Waals surface area contributed by atoms with Crippen molar-refractivity contribution in [3.05, 3.63) is 90.9 Å². The molecule has 1 aliphatic heterocycles. The Morgan fingerprint density at radius 1 is 1.23 bits per heavy atom. The van der Waals surface area contributed by atoms with Crippen LogP contribution in [-0.2, 0) is 13.2 Å². The van der Waals surface area contributed by atoms with Gasteiger partial charge in [0.25, 0.3) is 11.2 Å². The molecule has 0 atom stereocenters. The van der Waals surface area contributed by atoms with Gasteiger partial charge < -0.3 is 4.74 Å². The lowest BCUT2D eigenvalue weighted by atomic mass is 10.1. The number of hydrogen-bond acceptors (Lipinski definition) is 7. The Bertz CT molecular complexity index is 1380. The van der Waals surface area contributed by atoms with Gasteiger partial charge in [-0.25, -0.2) is 9.97 Å². The molecule has 0 unspecified atom stereocenters. The largest absolute Gasteiger partial charge is 0.487 e. The van der Waals surface area contributed by atoms with E-state index in [0.717, 1.165) is 22.6 Å². The number of benzene rings is 2. The predicted octanol–water partition coefficient (Wildman–Crippen LogP) is 4.28. The predicted molar refractivity (Wildman–Crippen MR) is 118 cm³/mol. The number of nitrogens with zero attached hydrogens (tertiary/aromatic N) is 4. The summed E-state index contributed by atoms with van der Waals surface area (Å²) in [6, 6.07) is 11.9. The zero-order chi connectivity index (χ0) is 21.4. The second-order valence-corrected chi connectivity index (χ2v) is 7.83. The van der Waals surface area contributed by atoms with Gasteiger partial charge in [-0.15, -0.1) is 11.3 Å². The topological polar surface area (TPSA) is 100 Å². The Morgan fingerprint density at radius 2 is 2.06 bits per heavy atom. The summed E-state index contributed by atoms with van der Waals surface area (Å²) in [6.45, 7) is 0.926. The van der Waals surface area contributed by atoms with Crippen molar-refractivity contribution < 1.29 is 9.66 Å². The number of hydrogen-bond donors (Lipinski definition) is 0. The highest BCUT2D eigenvalue weighted by atomic mass is 32.1. The van der Waals surface area contributed by atoms with E-state index < -0.39 is 4.92 Å². The number of nitro benzene ring substituents is 1. The Labute approximate surface area is 180 Å². The third-order valence-corrected chi connectivity index (χ3v) is 5.77. The Morgan fingerprint density at radius 3 is 2.81 bits per heavy atom. The first-order chi connectivity index (χ1) is 15.1. The number of aromatic nitrogens is 3. The van der Waals surface area contributed by atoms with Crippen LogP contribution in [0, 0.1) is 10.1 Å². The molecular formula is C22H16N4O4S. The third-order valence-electron chi connectivity index (χ3n) is 5.13. The van der Waals surface area contributed by atoms with Gasteiger partial charge in [-0.1, -0.05) is 12.1 Å². The fourth-order valence-corrected chi connectivity index (χ4v) is 4.13. The van der Waals surface area contributed by atoms with Crippen molar-refractivity contribution in [3.8, 4) is 5.75 Å². The maximum atomic E-state index is 12.9. The molecule has 0 N–H and O–H groups in total. The number of fused-ring (bicyclic) bond motifs is 2. The molecule has 0 fully saturated rings. The van der Waals surface area contributed by atoms with E-state index in [1.165, 1.54) is 29.5 Å². The van der Waals surface area contributed by atoms with Gasteiger partial charge in [0.1, 0.15) is 18.2 Å². The van der Waals surface area contributed by atoms with Crippen LogP contribution in [-0.4, -0.2) is 19.5 Å². The Balaban J connectivity index is 1.42. The van der Waals surface area contributed by atoms with Crippen LogP contribution < -0.4 is 10.3 Å². The number of thiazole rings is 1. The van der Waals surface area contributed by atoms with E-state index in [-0.39, 0.29) is 16.6 Å². The zero-order valence-electron chi connectivity index (χ0n) is 16.2. The quantitative estimate of drug-likeness (QED) is 0.345. The molecular weight excluding hydrogens is 416 g/mol. The van der Waals surface area contributed by atoms with Crippen molar-refractivity contribution in [3.63, 3.8) is 0 Å². The molecule has 9 heteroatoms. The van der Waals surface area contributed by atoms with Gasteiger partial charge in [-0.3, -0.25) is 19.5 Å². The Kier molecular flexibility index (Phi) is 4.79. The average molecular weight is 432 g/mol. The summed E-state index contributed by atoms with van der Waals surface area (Å²) in [4.78, 5) is 32.2. The molecule has 5 rings (SSSR count). The Hall–Kier alpha value is -3.85. The van der Waals surface area contributed by atoms with Gasteiger partial charge in [-0.2, -0.15) is 0 Å². The minimum Gasteiger partial charge on any atom is -0.487 e. The lowest BCUT2D eigenvalue weighted by molar-refractivity contribution is -0.384. The molecule has 4 aromatic rings. The fourth-order valence-electron chi connectivity index (χ4n) is 3.58. The lowest BCUT2D eigenvalue weighted by Crippen LogP contribution is -2.20. The smallest absolute Gasteiger partial charge is 0.270 e. The van der Waals surface area contributed by atoms with Crippen molar-refractivity contribution in [2.45, 2.75) is 19.6 Å². The van der Waals surface area contributed by atoms with Gasteiger partial charge in [-0.05, 0) is 41.8 Å². The van der Waals surface area contributed by atoms with Crippen molar-refractivity contribution in [2.75, 3.05) is 0 Å². The van der Waals surface area contributed by atoms with Gasteiger partial charge in [0.05, 0.1) is 27.0 Å². The van der Waals surface area contributed by atoms with Crippen LogP contribution in [0.15, 0.2) is 58.1 Å². The first-order valence-electron chi connectivity index (χ1n) is 9.58. The van der Waals surface area contributed by atoms with Gasteiger partial charge in [0.2, 0.25) is 0 Å². The minimum absolute atomic E-state index is 0.113. The summed E-state index contributed by atoms with van der Waals surface area (Å²) in [5.74, 6) is 1.36. The molecule has 2 aromatic heterocycles.